The summed E-state index contributed by atoms with van der Waals surface area (Å²) in [6, 6.07) is 3.20. The molecule has 2 aromatic heterocycles. The zero-order chi connectivity index (χ0) is 15.6. The number of hydrogen-bond acceptors (Lipinski definition) is 3. The average molecular weight is 352 g/mol. The van der Waals surface area contributed by atoms with Gasteiger partial charge in [-0.15, -0.1) is 0 Å². The van der Waals surface area contributed by atoms with Crippen LogP contribution in [0.2, 0.25) is 0 Å². The maximum Gasteiger partial charge on any atom is 0.337 e. The number of carbonyl (C=O) groups excluding carboxylic acids is 1. The molecule has 0 aliphatic heterocycles. The van der Waals surface area contributed by atoms with Gasteiger partial charge in [-0.1, -0.05) is 0 Å². The van der Waals surface area contributed by atoms with Gasteiger partial charge in [0.1, 0.15) is 5.69 Å². The maximum atomic E-state index is 12.3. The van der Waals surface area contributed by atoms with Crippen molar-refractivity contribution in [2.24, 2.45) is 0 Å². The quantitative estimate of drug-likeness (QED) is 0.885. The first-order valence-electron chi connectivity index (χ1n) is 6.25. The van der Waals surface area contributed by atoms with E-state index < -0.39 is 5.97 Å². The molecule has 0 atom stereocenters. The van der Waals surface area contributed by atoms with Crippen molar-refractivity contribution >= 4 is 33.5 Å². The molecule has 0 aliphatic carbocycles. The van der Waals surface area contributed by atoms with E-state index in [4.69, 9.17) is 5.11 Å². The van der Waals surface area contributed by atoms with Gasteiger partial charge in [0.05, 0.1) is 17.4 Å². The lowest BCUT2D eigenvalue weighted by Gasteiger charge is -2.12. The Hall–Kier alpha value is -2.15. The summed E-state index contributed by atoms with van der Waals surface area (Å²) in [7, 11) is 0. The van der Waals surface area contributed by atoms with E-state index in [2.05, 4.69) is 26.2 Å². The third-order valence-corrected chi connectivity index (χ3v) is 3.28. The fourth-order valence-electron chi connectivity index (χ4n) is 1.88. The van der Waals surface area contributed by atoms with Gasteiger partial charge in [0.15, 0.2) is 0 Å². The zero-order valence-corrected chi connectivity index (χ0v) is 13.1. The van der Waals surface area contributed by atoms with Crippen LogP contribution in [0.25, 0.3) is 0 Å². The molecular formula is C14H14BrN3O3. The van der Waals surface area contributed by atoms with Gasteiger partial charge in [-0.3, -0.25) is 9.78 Å². The fourth-order valence-corrected chi connectivity index (χ4v) is 2.31. The van der Waals surface area contributed by atoms with Crippen molar-refractivity contribution in [1.82, 2.24) is 9.55 Å². The Morgan fingerprint density at radius 2 is 2.05 bits per heavy atom. The number of nitrogens with one attached hydrogen (secondary N) is 1. The number of aromatic carboxylic acids is 1. The zero-order valence-electron chi connectivity index (χ0n) is 11.5. The number of aromatic nitrogens is 2. The molecule has 2 heterocycles. The highest BCUT2D eigenvalue weighted by Crippen LogP contribution is 2.20. The Morgan fingerprint density at radius 1 is 1.33 bits per heavy atom. The standard InChI is InChI=1S/C14H14BrN3O3/c1-8(2)18-7-10(15)4-12(18)13(19)17-11-3-9(14(20)21)5-16-6-11/h3-8H,1-2H3,(H,17,19)(H,20,21). The first kappa shape index (κ1) is 15.2. The van der Waals surface area contributed by atoms with Crippen molar-refractivity contribution in [1.29, 1.82) is 0 Å². The highest BCUT2D eigenvalue weighted by Gasteiger charge is 2.15. The van der Waals surface area contributed by atoms with Crippen LogP contribution in [0.15, 0.2) is 35.2 Å². The number of pyridine rings is 1. The minimum absolute atomic E-state index is 0.0215. The van der Waals surface area contributed by atoms with Crippen LogP contribution in [0.1, 0.15) is 40.7 Å². The van der Waals surface area contributed by atoms with Gasteiger partial charge in [-0.05, 0) is 41.9 Å². The van der Waals surface area contributed by atoms with E-state index in [1.165, 1.54) is 18.5 Å². The second-order valence-electron chi connectivity index (χ2n) is 4.77. The summed E-state index contributed by atoms with van der Waals surface area (Å²) in [5, 5.41) is 11.6. The van der Waals surface area contributed by atoms with E-state index in [0.29, 0.717) is 11.4 Å². The summed E-state index contributed by atoms with van der Waals surface area (Å²) in [4.78, 5) is 27.0. The molecule has 6 nitrogen and oxygen atoms in total. The summed E-state index contributed by atoms with van der Waals surface area (Å²) in [5.74, 6) is -1.41. The van der Waals surface area contributed by atoms with Gasteiger partial charge in [0.25, 0.3) is 5.91 Å². The van der Waals surface area contributed by atoms with Gasteiger partial charge in [0.2, 0.25) is 0 Å². The van der Waals surface area contributed by atoms with Gasteiger partial charge in [-0.25, -0.2) is 4.79 Å². The van der Waals surface area contributed by atoms with Crippen LogP contribution < -0.4 is 5.32 Å². The smallest absolute Gasteiger partial charge is 0.337 e. The summed E-state index contributed by atoms with van der Waals surface area (Å²) in [6.07, 6.45) is 4.46. The third kappa shape index (κ3) is 3.49. The van der Waals surface area contributed by atoms with Crippen LogP contribution in [0.4, 0.5) is 5.69 Å². The number of hydrogen-bond donors (Lipinski definition) is 2. The number of nitrogens with zero attached hydrogens (tertiary/aromatic N) is 2. The van der Waals surface area contributed by atoms with Crippen molar-refractivity contribution in [3.05, 3.63) is 46.5 Å². The van der Waals surface area contributed by atoms with Gasteiger partial charge < -0.3 is 15.0 Å². The molecule has 0 aliphatic rings. The molecule has 0 fully saturated rings. The van der Waals surface area contributed by atoms with Crippen LogP contribution in [-0.2, 0) is 0 Å². The number of amides is 1. The molecule has 2 rings (SSSR count). The highest BCUT2D eigenvalue weighted by atomic mass is 79.9. The number of anilines is 1. The number of carbonyl (C=O) groups is 2. The lowest BCUT2D eigenvalue weighted by molar-refractivity contribution is 0.0696. The van der Waals surface area contributed by atoms with E-state index in [0.717, 1.165) is 4.47 Å². The summed E-state index contributed by atoms with van der Waals surface area (Å²) < 4.78 is 2.63. The van der Waals surface area contributed by atoms with E-state index in [1.807, 2.05) is 24.6 Å². The molecule has 0 unspecified atom stereocenters. The van der Waals surface area contributed by atoms with Gasteiger partial charge in [0, 0.05) is 22.9 Å². The average Bonchev–Trinajstić information content (AvgIpc) is 2.81. The second kappa shape index (κ2) is 6.09. The van der Waals surface area contributed by atoms with Crippen molar-refractivity contribution < 1.29 is 14.7 Å². The predicted molar refractivity (Wildman–Crippen MR) is 81.7 cm³/mol. The normalized spacial score (nSPS) is 10.7. The SMILES string of the molecule is CC(C)n1cc(Br)cc1C(=O)Nc1cncc(C(=O)O)c1. The van der Waals surface area contributed by atoms with Gasteiger partial charge >= 0.3 is 5.97 Å². The predicted octanol–water partition coefficient (Wildman–Crippen LogP) is 3.18. The largest absolute Gasteiger partial charge is 0.478 e. The Labute approximate surface area is 129 Å². The monoisotopic (exact) mass is 351 g/mol. The molecule has 110 valence electrons. The van der Waals surface area contributed by atoms with Crippen LogP contribution >= 0.6 is 15.9 Å². The van der Waals surface area contributed by atoms with E-state index >= 15 is 0 Å². The Morgan fingerprint density at radius 3 is 2.67 bits per heavy atom. The maximum absolute atomic E-state index is 12.3. The minimum atomic E-state index is -1.09. The molecule has 0 saturated heterocycles. The summed E-state index contributed by atoms with van der Waals surface area (Å²) in [5.41, 5.74) is 0.846. The molecule has 0 saturated carbocycles. The minimum Gasteiger partial charge on any atom is -0.478 e. The number of halogens is 1. The van der Waals surface area contributed by atoms with Crippen LogP contribution in [0.3, 0.4) is 0 Å². The highest BCUT2D eigenvalue weighted by molar-refractivity contribution is 9.10. The number of carboxylic acids is 1. The van der Waals surface area contributed by atoms with E-state index in [-0.39, 0.29) is 17.5 Å². The van der Waals surface area contributed by atoms with E-state index in [1.54, 1.807) is 6.07 Å². The molecule has 0 bridgehead atoms. The molecule has 0 spiro atoms. The van der Waals surface area contributed by atoms with Crippen molar-refractivity contribution in [3.8, 4) is 0 Å². The van der Waals surface area contributed by atoms with Crippen LogP contribution in [0.5, 0.6) is 0 Å². The fraction of sp³-hybridized carbons (Fsp3) is 0.214. The molecular weight excluding hydrogens is 338 g/mol. The summed E-state index contributed by atoms with van der Waals surface area (Å²) >= 11 is 3.34. The molecule has 2 N–H and O–H groups in total. The van der Waals surface area contributed by atoms with Crippen LogP contribution in [-0.4, -0.2) is 26.5 Å². The van der Waals surface area contributed by atoms with Crippen molar-refractivity contribution in [3.63, 3.8) is 0 Å². The Kier molecular flexibility index (Phi) is 4.42. The van der Waals surface area contributed by atoms with Crippen molar-refractivity contribution in [2.45, 2.75) is 19.9 Å². The lowest BCUT2D eigenvalue weighted by atomic mass is 10.2. The molecule has 2 aromatic rings. The first-order chi connectivity index (χ1) is 9.88. The second-order valence-corrected chi connectivity index (χ2v) is 5.68. The Bertz CT molecular complexity index is 695. The van der Waals surface area contributed by atoms with Crippen molar-refractivity contribution in [2.75, 3.05) is 5.32 Å². The number of carboxylic acid groups (broad SMARTS) is 1. The Balaban J connectivity index is 2.26. The topological polar surface area (TPSA) is 84.2 Å². The molecule has 1 amide bonds. The molecule has 7 heteroatoms. The molecule has 0 aromatic carbocycles. The summed E-state index contributed by atoms with van der Waals surface area (Å²) in [6.45, 7) is 3.94. The van der Waals surface area contributed by atoms with Crippen LogP contribution in [0, 0.1) is 0 Å². The third-order valence-electron chi connectivity index (χ3n) is 2.85. The first-order valence-corrected chi connectivity index (χ1v) is 7.05. The molecule has 21 heavy (non-hydrogen) atoms. The molecule has 0 radical (unpaired) electrons. The number of rotatable bonds is 4. The lowest BCUT2D eigenvalue weighted by Crippen LogP contribution is -2.18. The van der Waals surface area contributed by atoms with Gasteiger partial charge in [-0.2, -0.15) is 0 Å². The van der Waals surface area contributed by atoms with E-state index in [9.17, 15) is 9.59 Å².